The van der Waals surface area contributed by atoms with Crippen molar-refractivity contribution < 1.29 is 19.4 Å². The normalized spacial score (nSPS) is 10.4. The standard InChI is InChI=1S/C15H15NO4S/c1-9(2)20-13-4-3-10(15(18)19)7-12(13)16-14(17)11-5-6-21-8-11/h3-9H,1-2H3,(H,16,17)(H,18,19). The Labute approximate surface area is 126 Å². The molecule has 2 rings (SSSR count). The highest BCUT2D eigenvalue weighted by atomic mass is 32.1. The monoisotopic (exact) mass is 305 g/mol. The molecule has 0 saturated carbocycles. The Morgan fingerprint density at radius 2 is 2.00 bits per heavy atom. The van der Waals surface area contributed by atoms with Crippen LogP contribution in [0.2, 0.25) is 0 Å². The number of carboxylic acids is 1. The molecule has 1 amide bonds. The summed E-state index contributed by atoms with van der Waals surface area (Å²) in [7, 11) is 0. The zero-order valence-corrected chi connectivity index (χ0v) is 12.4. The Morgan fingerprint density at radius 3 is 2.57 bits per heavy atom. The lowest BCUT2D eigenvalue weighted by Gasteiger charge is -2.15. The number of carboxylic acid groups (broad SMARTS) is 1. The van der Waals surface area contributed by atoms with Gasteiger partial charge < -0.3 is 15.2 Å². The van der Waals surface area contributed by atoms with Crippen molar-refractivity contribution in [1.29, 1.82) is 0 Å². The van der Waals surface area contributed by atoms with Crippen molar-refractivity contribution in [1.82, 2.24) is 0 Å². The van der Waals surface area contributed by atoms with E-state index in [1.807, 2.05) is 13.8 Å². The maximum absolute atomic E-state index is 12.1. The fourth-order valence-electron chi connectivity index (χ4n) is 1.71. The van der Waals surface area contributed by atoms with Gasteiger partial charge in [-0.25, -0.2) is 4.79 Å². The van der Waals surface area contributed by atoms with Gasteiger partial charge in [0.05, 0.1) is 22.9 Å². The number of benzene rings is 1. The van der Waals surface area contributed by atoms with E-state index in [1.165, 1.54) is 23.5 Å². The molecule has 2 N–H and O–H groups in total. The molecule has 0 spiro atoms. The molecule has 2 aromatic rings. The number of hydrogen-bond acceptors (Lipinski definition) is 4. The highest BCUT2D eigenvalue weighted by Crippen LogP contribution is 2.27. The lowest BCUT2D eigenvalue weighted by atomic mass is 10.1. The molecule has 0 fully saturated rings. The molecule has 1 aromatic carbocycles. The number of rotatable bonds is 5. The lowest BCUT2D eigenvalue weighted by Crippen LogP contribution is -2.14. The van der Waals surface area contributed by atoms with Crippen LogP contribution in [0.25, 0.3) is 0 Å². The second kappa shape index (κ2) is 6.41. The maximum atomic E-state index is 12.1. The predicted molar refractivity (Wildman–Crippen MR) is 81.4 cm³/mol. The van der Waals surface area contributed by atoms with Crippen molar-refractivity contribution in [3.8, 4) is 5.75 Å². The van der Waals surface area contributed by atoms with Gasteiger partial charge in [0.25, 0.3) is 5.91 Å². The van der Waals surface area contributed by atoms with E-state index in [-0.39, 0.29) is 17.6 Å². The number of carbonyl (C=O) groups excluding carboxylic acids is 1. The van der Waals surface area contributed by atoms with Crippen LogP contribution in [0.15, 0.2) is 35.0 Å². The van der Waals surface area contributed by atoms with Crippen LogP contribution in [0.4, 0.5) is 5.69 Å². The summed E-state index contributed by atoms with van der Waals surface area (Å²) >= 11 is 1.42. The number of nitrogens with one attached hydrogen (secondary N) is 1. The van der Waals surface area contributed by atoms with E-state index in [0.717, 1.165) is 0 Å². The molecular formula is C15H15NO4S. The number of amides is 1. The second-order valence-corrected chi connectivity index (χ2v) is 5.43. The average Bonchev–Trinajstić information content (AvgIpc) is 2.93. The van der Waals surface area contributed by atoms with Crippen LogP contribution in [0, 0.1) is 0 Å². The molecule has 1 aromatic heterocycles. The summed E-state index contributed by atoms with van der Waals surface area (Å²) in [6.07, 6.45) is -0.0857. The number of ether oxygens (including phenoxy) is 1. The summed E-state index contributed by atoms with van der Waals surface area (Å²) in [6, 6.07) is 6.08. The molecule has 0 bridgehead atoms. The summed E-state index contributed by atoms with van der Waals surface area (Å²) in [5.74, 6) is -0.914. The number of hydrogen-bond donors (Lipinski definition) is 2. The Balaban J connectivity index is 2.31. The van der Waals surface area contributed by atoms with Crippen molar-refractivity contribution in [3.63, 3.8) is 0 Å². The fourth-order valence-corrected chi connectivity index (χ4v) is 2.34. The van der Waals surface area contributed by atoms with Gasteiger partial charge in [0, 0.05) is 5.38 Å². The van der Waals surface area contributed by atoms with E-state index < -0.39 is 5.97 Å². The van der Waals surface area contributed by atoms with Crippen molar-refractivity contribution in [2.24, 2.45) is 0 Å². The first kappa shape index (κ1) is 15.1. The van der Waals surface area contributed by atoms with Crippen LogP contribution >= 0.6 is 11.3 Å². The zero-order valence-electron chi connectivity index (χ0n) is 11.6. The molecule has 0 aliphatic heterocycles. The SMILES string of the molecule is CC(C)Oc1ccc(C(=O)O)cc1NC(=O)c1ccsc1. The zero-order chi connectivity index (χ0) is 15.4. The molecule has 1 heterocycles. The molecule has 6 heteroatoms. The predicted octanol–water partition coefficient (Wildman–Crippen LogP) is 3.49. The van der Waals surface area contributed by atoms with E-state index in [9.17, 15) is 9.59 Å². The molecule has 5 nitrogen and oxygen atoms in total. The van der Waals surface area contributed by atoms with E-state index in [1.54, 1.807) is 22.9 Å². The topological polar surface area (TPSA) is 75.6 Å². The number of thiophene rings is 1. The van der Waals surface area contributed by atoms with E-state index >= 15 is 0 Å². The first-order valence-corrected chi connectivity index (χ1v) is 7.29. The minimum atomic E-state index is -1.06. The smallest absolute Gasteiger partial charge is 0.335 e. The van der Waals surface area contributed by atoms with Gasteiger partial charge in [0.1, 0.15) is 5.75 Å². The largest absolute Gasteiger partial charge is 0.489 e. The third kappa shape index (κ3) is 3.82. The molecule has 0 aliphatic rings. The maximum Gasteiger partial charge on any atom is 0.335 e. The minimum absolute atomic E-state index is 0.0857. The van der Waals surface area contributed by atoms with Gasteiger partial charge in [-0.3, -0.25) is 4.79 Å². The van der Waals surface area contributed by atoms with E-state index in [0.29, 0.717) is 17.0 Å². The summed E-state index contributed by atoms with van der Waals surface area (Å²) in [5, 5.41) is 15.3. The minimum Gasteiger partial charge on any atom is -0.489 e. The third-order valence-electron chi connectivity index (χ3n) is 2.62. The first-order chi connectivity index (χ1) is 9.97. The second-order valence-electron chi connectivity index (χ2n) is 4.65. The van der Waals surface area contributed by atoms with Crippen LogP contribution in [-0.4, -0.2) is 23.1 Å². The van der Waals surface area contributed by atoms with Crippen molar-refractivity contribution in [2.75, 3.05) is 5.32 Å². The molecule has 0 aliphatic carbocycles. The highest BCUT2D eigenvalue weighted by molar-refractivity contribution is 7.08. The van der Waals surface area contributed by atoms with Gasteiger partial charge in [0.2, 0.25) is 0 Å². The highest BCUT2D eigenvalue weighted by Gasteiger charge is 2.14. The van der Waals surface area contributed by atoms with Gasteiger partial charge in [-0.05, 0) is 43.5 Å². The van der Waals surface area contributed by atoms with Gasteiger partial charge in [0.15, 0.2) is 0 Å². The number of aromatic carboxylic acids is 1. The van der Waals surface area contributed by atoms with Crippen LogP contribution in [0.3, 0.4) is 0 Å². The van der Waals surface area contributed by atoms with Crippen LogP contribution < -0.4 is 10.1 Å². The summed E-state index contributed by atoms with van der Waals surface area (Å²) in [6.45, 7) is 3.71. The Bertz CT molecular complexity index is 650. The van der Waals surface area contributed by atoms with Crippen molar-refractivity contribution in [2.45, 2.75) is 20.0 Å². The molecule has 0 radical (unpaired) electrons. The fraction of sp³-hybridized carbons (Fsp3) is 0.200. The Hall–Kier alpha value is -2.34. The van der Waals surface area contributed by atoms with E-state index in [2.05, 4.69) is 5.32 Å². The van der Waals surface area contributed by atoms with Gasteiger partial charge >= 0.3 is 5.97 Å². The van der Waals surface area contributed by atoms with Gasteiger partial charge in [-0.1, -0.05) is 0 Å². The Morgan fingerprint density at radius 1 is 1.24 bits per heavy atom. The summed E-state index contributed by atoms with van der Waals surface area (Å²) < 4.78 is 5.59. The van der Waals surface area contributed by atoms with Crippen LogP contribution in [0.5, 0.6) is 5.75 Å². The molecular weight excluding hydrogens is 290 g/mol. The molecule has 21 heavy (non-hydrogen) atoms. The van der Waals surface area contributed by atoms with Crippen molar-refractivity contribution >= 4 is 28.9 Å². The number of carbonyl (C=O) groups is 2. The molecule has 0 atom stereocenters. The molecule has 110 valence electrons. The first-order valence-electron chi connectivity index (χ1n) is 6.35. The van der Waals surface area contributed by atoms with Gasteiger partial charge in [-0.15, -0.1) is 0 Å². The van der Waals surface area contributed by atoms with Crippen molar-refractivity contribution in [3.05, 3.63) is 46.2 Å². The van der Waals surface area contributed by atoms with E-state index in [4.69, 9.17) is 9.84 Å². The quantitative estimate of drug-likeness (QED) is 0.886. The van der Waals surface area contributed by atoms with Crippen LogP contribution in [-0.2, 0) is 0 Å². The molecule has 0 unspecified atom stereocenters. The lowest BCUT2D eigenvalue weighted by molar-refractivity contribution is 0.0696. The summed E-state index contributed by atoms with van der Waals surface area (Å²) in [5.41, 5.74) is 0.961. The third-order valence-corrected chi connectivity index (χ3v) is 3.30. The number of anilines is 1. The van der Waals surface area contributed by atoms with Gasteiger partial charge in [-0.2, -0.15) is 11.3 Å². The molecule has 0 saturated heterocycles. The summed E-state index contributed by atoms with van der Waals surface area (Å²) in [4.78, 5) is 23.1. The van der Waals surface area contributed by atoms with Crippen LogP contribution in [0.1, 0.15) is 34.6 Å². The average molecular weight is 305 g/mol. The Kier molecular flexibility index (Phi) is 4.59.